The fourth-order valence-electron chi connectivity index (χ4n) is 1.18. The van der Waals surface area contributed by atoms with Crippen LogP contribution in [0.15, 0.2) is 12.4 Å². The van der Waals surface area contributed by atoms with Crippen molar-refractivity contribution in [3.05, 3.63) is 17.3 Å². The van der Waals surface area contributed by atoms with Gasteiger partial charge in [-0.1, -0.05) is 4.49 Å². The van der Waals surface area contributed by atoms with Gasteiger partial charge in [-0.2, -0.15) is 5.10 Å². The lowest BCUT2D eigenvalue weighted by Gasteiger charge is -1.92. The van der Waals surface area contributed by atoms with Crippen molar-refractivity contribution < 1.29 is 9.90 Å². The standard InChI is InChI=1S/C8H8N4O2S/c1-2-12-4-5(3-9-12)6-7(8(13)14)15-11-10-6/h3-4H,2H2,1H3,(H,13,14). The van der Waals surface area contributed by atoms with E-state index in [0.717, 1.165) is 18.1 Å². The highest BCUT2D eigenvalue weighted by Crippen LogP contribution is 2.22. The van der Waals surface area contributed by atoms with Gasteiger partial charge in [-0.05, 0) is 18.5 Å². The summed E-state index contributed by atoms with van der Waals surface area (Å²) in [7, 11) is 0. The maximum Gasteiger partial charge on any atom is 0.349 e. The molecule has 0 radical (unpaired) electrons. The monoisotopic (exact) mass is 224 g/mol. The first-order valence-electron chi connectivity index (χ1n) is 4.31. The summed E-state index contributed by atoms with van der Waals surface area (Å²) in [4.78, 5) is 11.0. The molecule has 0 saturated carbocycles. The second-order valence-corrected chi connectivity index (χ2v) is 3.59. The number of aromatic nitrogens is 4. The molecular weight excluding hydrogens is 216 g/mol. The Morgan fingerprint density at radius 2 is 2.47 bits per heavy atom. The molecular formula is C8H8N4O2S. The molecule has 0 saturated heterocycles. The van der Waals surface area contributed by atoms with Gasteiger partial charge >= 0.3 is 5.97 Å². The predicted octanol–water partition coefficient (Wildman–Crippen LogP) is 1.12. The summed E-state index contributed by atoms with van der Waals surface area (Å²) >= 11 is 0.872. The van der Waals surface area contributed by atoms with Crippen LogP contribution in [0, 0.1) is 0 Å². The van der Waals surface area contributed by atoms with E-state index in [1.165, 1.54) is 0 Å². The molecule has 1 N–H and O–H groups in total. The smallest absolute Gasteiger partial charge is 0.349 e. The third-order valence-corrected chi connectivity index (χ3v) is 2.63. The van der Waals surface area contributed by atoms with Crippen LogP contribution in [0.3, 0.4) is 0 Å². The third kappa shape index (κ3) is 1.73. The predicted molar refractivity (Wildman–Crippen MR) is 53.8 cm³/mol. The van der Waals surface area contributed by atoms with Crippen LogP contribution >= 0.6 is 11.5 Å². The number of hydrogen-bond donors (Lipinski definition) is 1. The summed E-state index contributed by atoms with van der Waals surface area (Å²) in [5.74, 6) is -1.01. The maximum absolute atomic E-state index is 10.8. The van der Waals surface area contributed by atoms with Gasteiger partial charge in [0.25, 0.3) is 0 Å². The van der Waals surface area contributed by atoms with Crippen LogP contribution in [0.25, 0.3) is 11.3 Å². The second kappa shape index (κ2) is 3.77. The number of carbonyl (C=O) groups is 1. The first-order valence-corrected chi connectivity index (χ1v) is 5.08. The van der Waals surface area contributed by atoms with Crippen molar-refractivity contribution in [2.24, 2.45) is 0 Å². The molecule has 2 heterocycles. The van der Waals surface area contributed by atoms with Crippen molar-refractivity contribution in [2.75, 3.05) is 0 Å². The zero-order valence-corrected chi connectivity index (χ0v) is 8.73. The van der Waals surface area contributed by atoms with Gasteiger partial charge in [0, 0.05) is 18.3 Å². The first kappa shape index (κ1) is 9.78. The van der Waals surface area contributed by atoms with Crippen molar-refractivity contribution in [1.82, 2.24) is 19.4 Å². The SMILES string of the molecule is CCn1cc(-c2nnsc2C(=O)O)cn1. The Labute approximate surface area is 89.3 Å². The molecule has 0 aliphatic rings. The molecule has 78 valence electrons. The van der Waals surface area contributed by atoms with Gasteiger partial charge in [0.1, 0.15) is 5.69 Å². The third-order valence-electron chi connectivity index (χ3n) is 1.91. The Balaban J connectivity index is 2.44. The molecule has 0 amide bonds. The molecule has 0 fully saturated rings. The van der Waals surface area contributed by atoms with E-state index in [2.05, 4.69) is 14.7 Å². The molecule has 0 aliphatic carbocycles. The molecule has 6 nitrogen and oxygen atoms in total. The lowest BCUT2D eigenvalue weighted by molar-refractivity contribution is 0.0702. The number of hydrogen-bond acceptors (Lipinski definition) is 5. The summed E-state index contributed by atoms with van der Waals surface area (Å²) in [5, 5.41) is 16.7. The second-order valence-electron chi connectivity index (χ2n) is 2.84. The quantitative estimate of drug-likeness (QED) is 0.844. The molecule has 0 spiro atoms. The zero-order chi connectivity index (χ0) is 10.8. The van der Waals surface area contributed by atoms with E-state index in [1.54, 1.807) is 17.1 Å². The van der Waals surface area contributed by atoms with E-state index in [4.69, 9.17) is 5.11 Å². The van der Waals surface area contributed by atoms with Crippen LogP contribution in [0.5, 0.6) is 0 Å². The number of aromatic carboxylic acids is 1. The summed E-state index contributed by atoms with van der Waals surface area (Å²) in [6.07, 6.45) is 3.34. The molecule has 2 aromatic rings. The number of carboxylic acid groups (broad SMARTS) is 1. The van der Waals surface area contributed by atoms with Gasteiger partial charge in [0.2, 0.25) is 0 Å². The topological polar surface area (TPSA) is 80.9 Å². The molecule has 7 heteroatoms. The Hall–Kier alpha value is -1.76. The number of nitrogens with zero attached hydrogens (tertiary/aromatic N) is 4. The van der Waals surface area contributed by atoms with Gasteiger partial charge in [-0.15, -0.1) is 5.10 Å². The van der Waals surface area contributed by atoms with Gasteiger partial charge in [0.05, 0.1) is 6.20 Å². The molecule has 0 atom stereocenters. The summed E-state index contributed by atoms with van der Waals surface area (Å²) in [6, 6.07) is 0. The van der Waals surface area contributed by atoms with E-state index in [-0.39, 0.29) is 4.88 Å². The van der Waals surface area contributed by atoms with Crippen LogP contribution < -0.4 is 0 Å². The zero-order valence-electron chi connectivity index (χ0n) is 7.91. The maximum atomic E-state index is 10.8. The average molecular weight is 224 g/mol. The Kier molecular flexibility index (Phi) is 2.46. The lowest BCUT2D eigenvalue weighted by atomic mass is 10.2. The minimum absolute atomic E-state index is 0.144. The van der Waals surface area contributed by atoms with Crippen molar-refractivity contribution in [3.8, 4) is 11.3 Å². The molecule has 15 heavy (non-hydrogen) atoms. The summed E-state index contributed by atoms with van der Waals surface area (Å²) < 4.78 is 5.34. The fourth-order valence-corrected chi connectivity index (χ4v) is 1.71. The van der Waals surface area contributed by atoms with Crippen LogP contribution in [0.4, 0.5) is 0 Å². The molecule has 0 bridgehead atoms. The van der Waals surface area contributed by atoms with Crippen molar-refractivity contribution in [2.45, 2.75) is 13.5 Å². The number of aryl methyl sites for hydroxylation is 1. The Morgan fingerprint density at radius 3 is 3.07 bits per heavy atom. The van der Waals surface area contributed by atoms with E-state index in [1.807, 2.05) is 6.92 Å². The van der Waals surface area contributed by atoms with Crippen LogP contribution in [0.2, 0.25) is 0 Å². The molecule has 0 aromatic carbocycles. The van der Waals surface area contributed by atoms with Gasteiger partial charge < -0.3 is 5.11 Å². The average Bonchev–Trinajstić information content (AvgIpc) is 2.85. The van der Waals surface area contributed by atoms with Gasteiger partial charge in [-0.25, -0.2) is 4.79 Å². The first-order chi connectivity index (χ1) is 7.22. The van der Waals surface area contributed by atoms with Gasteiger partial charge in [-0.3, -0.25) is 4.68 Å². The highest BCUT2D eigenvalue weighted by atomic mass is 32.1. The van der Waals surface area contributed by atoms with Crippen molar-refractivity contribution in [1.29, 1.82) is 0 Å². The van der Waals surface area contributed by atoms with Crippen LogP contribution in [-0.4, -0.2) is 30.4 Å². The minimum atomic E-state index is -1.01. The van der Waals surface area contributed by atoms with E-state index < -0.39 is 5.97 Å². The minimum Gasteiger partial charge on any atom is -0.477 e. The largest absolute Gasteiger partial charge is 0.477 e. The lowest BCUT2D eigenvalue weighted by Crippen LogP contribution is -1.95. The summed E-state index contributed by atoms with van der Waals surface area (Å²) in [5.41, 5.74) is 1.07. The molecule has 2 aromatic heterocycles. The molecule has 0 unspecified atom stereocenters. The van der Waals surface area contributed by atoms with E-state index in [9.17, 15) is 4.79 Å². The summed E-state index contributed by atoms with van der Waals surface area (Å²) in [6.45, 7) is 2.69. The van der Waals surface area contributed by atoms with E-state index >= 15 is 0 Å². The van der Waals surface area contributed by atoms with Crippen molar-refractivity contribution in [3.63, 3.8) is 0 Å². The normalized spacial score (nSPS) is 10.5. The van der Waals surface area contributed by atoms with Crippen LogP contribution in [0.1, 0.15) is 16.6 Å². The van der Waals surface area contributed by atoms with Gasteiger partial charge in [0.15, 0.2) is 4.88 Å². The Bertz CT molecular complexity index is 490. The van der Waals surface area contributed by atoms with Crippen molar-refractivity contribution >= 4 is 17.5 Å². The Morgan fingerprint density at radius 1 is 1.67 bits per heavy atom. The number of carboxylic acids is 1. The molecule has 2 rings (SSSR count). The van der Waals surface area contributed by atoms with E-state index in [0.29, 0.717) is 11.3 Å². The van der Waals surface area contributed by atoms with Crippen LogP contribution in [-0.2, 0) is 6.54 Å². The highest BCUT2D eigenvalue weighted by Gasteiger charge is 2.17. The fraction of sp³-hybridized carbons (Fsp3) is 0.250. The number of rotatable bonds is 3. The molecule has 0 aliphatic heterocycles. The highest BCUT2D eigenvalue weighted by molar-refractivity contribution is 7.08.